The molecule has 0 aliphatic heterocycles. The summed E-state index contributed by atoms with van der Waals surface area (Å²) in [5, 5.41) is -0.0845. The molecule has 2 N–H and O–H groups in total. The summed E-state index contributed by atoms with van der Waals surface area (Å²) < 4.78 is 55.0. The van der Waals surface area contributed by atoms with Gasteiger partial charge in [0, 0.05) is 41.9 Å². The smallest absolute Gasteiger partial charge is 0.185 e. The Labute approximate surface area is 204 Å². The van der Waals surface area contributed by atoms with Crippen LogP contribution < -0.4 is 5.73 Å². The highest BCUT2D eigenvalue weighted by atomic mass is 32.2. The molecule has 1 aromatic carbocycles. The Morgan fingerprint density at radius 2 is 1.80 bits per heavy atom. The molecule has 0 spiro atoms. The quantitative estimate of drug-likeness (QED) is 0.500. The normalized spacial score (nSPS) is 23.1. The third kappa shape index (κ3) is 5.21. The van der Waals surface area contributed by atoms with Crippen LogP contribution >= 0.6 is 0 Å². The molecule has 0 radical (unpaired) electrons. The molecule has 1 fully saturated rings. The summed E-state index contributed by atoms with van der Waals surface area (Å²) in [7, 11) is -1.03. The Balaban J connectivity index is 1.61. The van der Waals surface area contributed by atoms with E-state index in [0.29, 0.717) is 12.0 Å². The fourth-order valence-electron chi connectivity index (χ4n) is 5.14. The number of nitrogens with two attached hydrogens (primary N) is 1. The van der Waals surface area contributed by atoms with E-state index in [4.69, 9.17) is 5.73 Å². The van der Waals surface area contributed by atoms with E-state index in [-0.39, 0.29) is 35.2 Å². The average Bonchev–Trinajstić information content (AvgIpc) is 2.79. The molecule has 35 heavy (non-hydrogen) atoms. The topological polar surface area (TPSA) is 85.9 Å². The number of hydrogen-bond acceptors (Lipinski definition) is 5. The number of benzene rings is 1. The maximum absolute atomic E-state index is 14.4. The van der Waals surface area contributed by atoms with Crippen LogP contribution in [-0.2, 0) is 17.2 Å². The number of carbonyl (C=O) groups is 1. The minimum Gasteiger partial charge on any atom is -0.327 e. The molecule has 1 aliphatic rings. The zero-order valence-corrected chi connectivity index (χ0v) is 20.2. The molecule has 1 aliphatic carbocycles. The van der Waals surface area contributed by atoms with Gasteiger partial charge in [-0.25, -0.2) is 18.2 Å². The van der Waals surface area contributed by atoms with E-state index < -0.39 is 45.3 Å². The monoisotopic (exact) mass is 501 g/mol. The summed E-state index contributed by atoms with van der Waals surface area (Å²) in [6.45, 7) is 2.04. The van der Waals surface area contributed by atoms with Crippen LogP contribution in [-0.4, -0.2) is 37.5 Å². The van der Waals surface area contributed by atoms with Gasteiger partial charge in [-0.3, -0.25) is 14.0 Å². The van der Waals surface area contributed by atoms with Gasteiger partial charge in [-0.2, -0.15) is 0 Å². The molecule has 1 unspecified atom stereocenters. The maximum Gasteiger partial charge on any atom is 0.185 e. The fraction of sp³-hybridized carbons (Fsp3) is 0.346. The summed E-state index contributed by atoms with van der Waals surface area (Å²) in [5.41, 5.74) is 6.71. The Bertz CT molecular complexity index is 1250. The van der Waals surface area contributed by atoms with E-state index in [0.717, 1.165) is 30.2 Å². The second-order valence-corrected chi connectivity index (χ2v) is 10.6. The van der Waals surface area contributed by atoms with Crippen molar-refractivity contribution in [3.8, 4) is 11.3 Å². The van der Waals surface area contributed by atoms with Crippen molar-refractivity contribution in [3.05, 3.63) is 83.1 Å². The highest BCUT2D eigenvalue weighted by Crippen LogP contribution is 2.39. The first kappa shape index (κ1) is 25.2. The van der Waals surface area contributed by atoms with Gasteiger partial charge in [0.05, 0.1) is 10.8 Å². The lowest BCUT2D eigenvalue weighted by Crippen LogP contribution is -2.47. The van der Waals surface area contributed by atoms with Crippen LogP contribution in [0.3, 0.4) is 0 Å². The number of nitrogens with zero attached hydrogens (tertiary/aromatic N) is 2. The van der Waals surface area contributed by atoms with Crippen molar-refractivity contribution in [2.24, 2.45) is 11.7 Å². The molecule has 2 heterocycles. The van der Waals surface area contributed by atoms with Crippen LogP contribution in [0.25, 0.3) is 11.3 Å². The number of aromatic nitrogens is 2. The van der Waals surface area contributed by atoms with Crippen LogP contribution in [0.15, 0.2) is 48.8 Å². The molecular weight excluding hydrogens is 475 g/mol. The van der Waals surface area contributed by atoms with Gasteiger partial charge in [0.1, 0.15) is 28.8 Å². The molecule has 1 saturated carbocycles. The minimum atomic E-state index is -1.03. The van der Waals surface area contributed by atoms with Crippen LogP contribution in [0.4, 0.5) is 13.2 Å². The molecule has 0 saturated heterocycles. The van der Waals surface area contributed by atoms with E-state index in [1.54, 1.807) is 18.6 Å². The maximum atomic E-state index is 14.4. The summed E-state index contributed by atoms with van der Waals surface area (Å²) in [4.78, 5) is 21.3. The highest BCUT2D eigenvalue weighted by molar-refractivity contribution is 7.85. The van der Waals surface area contributed by atoms with Crippen molar-refractivity contribution < 1.29 is 22.2 Å². The van der Waals surface area contributed by atoms with Crippen molar-refractivity contribution in [2.45, 2.75) is 43.4 Å². The first-order valence-electron chi connectivity index (χ1n) is 11.3. The van der Waals surface area contributed by atoms with Gasteiger partial charge >= 0.3 is 0 Å². The first-order chi connectivity index (χ1) is 16.7. The first-order valence-corrected chi connectivity index (χ1v) is 12.9. The van der Waals surface area contributed by atoms with Gasteiger partial charge in [-0.1, -0.05) is 13.0 Å². The number of halogens is 3. The Kier molecular flexibility index (Phi) is 7.47. The molecule has 4 rings (SSSR count). The summed E-state index contributed by atoms with van der Waals surface area (Å²) in [6, 6.07) is 6.99. The van der Waals surface area contributed by atoms with Gasteiger partial charge in [-0.15, -0.1) is 0 Å². The summed E-state index contributed by atoms with van der Waals surface area (Å²) in [6.07, 6.45) is 6.27. The average molecular weight is 502 g/mol. The molecule has 9 heteroatoms. The van der Waals surface area contributed by atoms with E-state index in [9.17, 15) is 22.2 Å². The predicted octanol–water partition coefficient (Wildman–Crippen LogP) is 4.57. The van der Waals surface area contributed by atoms with Gasteiger partial charge < -0.3 is 5.73 Å². The number of rotatable bonds is 6. The molecule has 5 atom stereocenters. The van der Waals surface area contributed by atoms with Gasteiger partial charge in [0.15, 0.2) is 5.78 Å². The zero-order valence-electron chi connectivity index (χ0n) is 19.4. The van der Waals surface area contributed by atoms with Gasteiger partial charge in [0.2, 0.25) is 0 Å². The second kappa shape index (κ2) is 10.4. The zero-order chi connectivity index (χ0) is 25.3. The summed E-state index contributed by atoms with van der Waals surface area (Å²) >= 11 is 0. The van der Waals surface area contributed by atoms with Crippen molar-refractivity contribution in [3.63, 3.8) is 0 Å². The van der Waals surface area contributed by atoms with Gasteiger partial charge in [-0.05, 0) is 66.1 Å². The van der Waals surface area contributed by atoms with Crippen molar-refractivity contribution >= 4 is 16.6 Å². The van der Waals surface area contributed by atoms with Crippen LogP contribution in [0, 0.1) is 23.4 Å². The molecule has 0 bridgehead atoms. The van der Waals surface area contributed by atoms with Crippen molar-refractivity contribution in [1.82, 2.24) is 9.97 Å². The SMILES string of the molecule is C[C@H]1C[C@@H](c2ccncc2CC(=O)c2ccc(F)c(-c3c(F)cccc3F)n2)C[C@@H](N)[C@@H]1S(C)=O. The summed E-state index contributed by atoms with van der Waals surface area (Å²) in [5.74, 6) is -3.09. The van der Waals surface area contributed by atoms with E-state index >= 15 is 0 Å². The number of pyridine rings is 2. The van der Waals surface area contributed by atoms with Crippen LogP contribution in [0.1, 0.15) is 47.3 Å². The lowest BCUT2D eigenvalue weighted by molar-refractivity contribution is 0.0987. The predicted molar refractivity (Wildman–Crippen MR) is 129 cm³/mol. The largest absolute Gasteiger partial charge is 0.327 e. The number of Topliss-reactive ketones (excluding diaryl/α,β-unsaturated/α-hetero) is 1. The van der Waals surface area contributed by atoms with E-state index in [1.807, 2.05) is 13.0 Å². The third-order valence-corrected chi connectivity index (χ3v) is 8.22. The van der Waals surface area contributed by atoms with Crippen LogP contribution in [0.5, 0.6) is 0 Å². The molecule has 5 nitrogen and oxygen atoms in total. The molecular formula is C26H26F3N3O2S. The van der Waals surface area contributed by atoms with Crippen LogP contribution in [0.2, 0.25) is 0 Å². The fourth-order valence-corrected chi connectivity index (χ4v) is 6.50. The van der Waals surface area contributed by atoms with Crippen molar-refractivity contribution in [1.29, 1.82) is 0 Å². The second-order valence-electron chi connectivity index (χ2n) is 9.07. The van der Waals surface area contributed by atoms with E-state index in [2.05, 4.69) is 9.97 Å². The standard InChI is InChI=1S/C26H26F3N3O2S/c1-14-10-15(11-21(30)26(14)35(2)34)17-8-9-31-13-16(17)12-23(33)22-7-6-20(29)25(32-22)24-18(27)4-3-5-19(24)28/h3-9,13-15,21,26H,10-12,30H2,1-2H3/t14-,15+,21+,26+,35?/m0/s1. The lowest BCUT2D eigenvalue weighted by atomic mass is 9.75. The number of hydrogen-bond donors (Lipinski definition) is 1. The Morgan fingerprint density at radius 3 is 2.46 bits per heavy atom. The Hall–Kier alpha value is -2.91. The lowest BCUT2D eigenvalue weighted by Gasteiger charge is -2.38. The Morgan fingerprint density at radius 1 is 1.09 bits per heavy atom. The highest BCUT2D eigenvalue weighted by Gasteiger charge is 2.37. The van der Waals surface area contributed by atoms with E-state index in [1.165, 1.54) is 12.1 Å². The molecule has 0 amide bonds. The molecule has 3 aromatic rings. The number of ketones is 1. The molecule has 2 aromatic heterocycles. The minimum absolute atomic E-state index is 0.0647. The third-order valence-electron chi connectivity index (χ3n) is 6.64. The molecule has 184 valence electrons. The van der Waals surface area contributed by atoms with Gasteiger partial charge in [0.25, 0.3) is 0 Å². The van der Waals surface area contributed by atoms with Crippen molar-refractivity contribution in [2.75, 3.05) is 6.26 Å². The number of carbonyl (C=O) groups excluding carboxylic acids is 1.